The summed E-state index contributed by atoms with van der Waals surface area (Å²) in [6.45, 7) is 1.55. The Bertz CT molecular complexity index is 784. The second-order valence-corrected chi connectivity index (χ2v) is 7.10. The first-order valence-electron chi connectivity index (χ1n) is 9.91. The van der Waals surface area contributed by atoms with Crippen molar-refractivity contribution in [3.63, 3.8) is 0 Å². The van der Waals surface area contributed by atoms with Crippen molar-refractivity contribution in [2.24, 2.45) is 5.73 Å². The fourth-order valence-electron chi connectivity index (χ4n) is 3.45. The summed E-state index contributed by atoms with van der Waals surface area (Å²) in [5.41, 5.74) is 6.44. The predicted octanol–water partition coefficient (Wildman–Crippen LogP) is 4.50. The van der Waals surface area contributed by atoms with Crippen LogP contribution in [0.25, 0.3) is 11.4 Å². The van der Waals surface area contributed by atoms with Gasteiger partial charge < -0.3 is 15.6 Å². The number of carbonyl (C=O) groups is 1. The molecule has 0 bridgehead atoms. The third-order valence-electron chi connectivity index (χ3n) is 4.97. The first-order valence-corrected chi connectivity index (χ1v) is 9.91. The third-order valence-corrected chi connectivity index (χ3v) is 4.97. The Morgan fingerprint density at radius 3 is 2.69 bits per heavy atom. The zero-order valence-electron chi connectivity index (χ0n) is 16.5. The Morgan fingerprint density at radius 1 is 1.10 bits per heavy atom. The number of rotatable bonds is 8. The number of carbonyl (C=O) groups excluding carboxylic acids is 1. The highest BCUT2D eigenvalue weighted by Gasteiger charge is 2.17. The molecule has 162 valence electrons. The van der Waals surface area contributed by atoms with Crippen molar-refractivity contribution in [1.82, 2.24) is 14.8 Å². The Hall–Kier alpha value is -1.70. The van der Waals surface area contributed by atoms with Crippen LogP contribution in [0.5, 0.6) is 0 Å². The van der Waals surface area contributed by atoms with Crippen molar-refractivity contribution in [2.75, 3.05) is 11.9 Å². The summed E-state index contributed by atoms with van der Waals surface area (Å²) in [6, 6.07) is 4.73. The molecular weight excluding hydrogens is 416 g/mol. The molecule has 0 spiro atoms. The van der Waals surface area contributed by atoms with E-state index in [2.05, 4.69) is 20.1 Å². The van der Waals surface area contributed by atoms with Gasteiger partial charge in [-0.25, -0.2) is 4.39 Å². The van der Waals surface area contributed by atoms with Gasteiger partial charge in [-0.3, -0.25) is 4.79 Å². The second kappa shape index (κ2) is 12.8. The standard InChI is InChI=1S/C20H28FN5O.2ClH/c21-16-11-10-15(20-25-24-18-8-4-3-7-13-26(18)20)14-17(16)23-19(27)9-5-1-2-6-12-22;;/h10-11,14H,1-9,12-13,22H2,(H,23,27);2*1H. The van der Waals surface area contributed by atoms with Crippen molar-refractivity contribution in [3.05, 3.63) is 29.8 Å². The fraction of sp³-hybridized carbons (Fsp3) is 0.550. The maximum absolute atomic E-state index is 14.2. The molecule has 3 N–H and O–H groups in total. The van der Waals surface area contributed by atoms with Crippen LogP contribution < -0.4 is 11.1 Å². The molecular formula is C20H30Cl2FN5O. The number of amides is 1. The molecule has 29 heavy (non-hydrogen) atoms. The monoisotopic (exact) mass is 445 g/mol. The lowest BCUT2D eigenvalue weighted by atomic mass is 10.1. The molecule has 6 nitrogen and oxygen atoms in total. The molecule has 0 aliphatic carbocycles. The minimum Gasteiger partial charge on any atom is -0.330 e. The molecule has 1 aliphatic rings. The van der Waals surface area contributed by atoms with E-state index < -0.39 is 5.82 Å². The van der Waals surface area contributed by atoms with Gasteiger partial charge in [0.1, 0.15) is 11.6 Å². The number of nitrogens with zero attached hydrogens (tertiary/aromatic N) is 3. The van der Waals surface area contributed by atoms with Crippen LogP contribution in [0.2, 0.25) is 0 Å². The Morgan fingerprint density at radius 2 is 1.90 bits per heavy atom. The highest BCUT2D eigenvalue weighted by atomic mass is 35.5. The number of benzene rings is 1. The molecule has 0 unspecified atom stereocenters. The number of hydrogen-bond acceptors (Lipinski definition) is 4. The summed E-state index contributed by atoms with van der Waals surface area (Å²) in [6.07, 6.45) is 8.42. The largest absolute Gasteiger partial charge is 0.330 e. The number of anilines is 1. The van der Waals surface area contributed by atoms with Crippen molar-refractivity contribution in [1.29, 1.82) is 0 Å². The summed E-state index contributed by atoms with van der Waals surface area (Å²) >= 11 is 0. The SMILES string of the molecule is Cl.Cl.NCCCCCCC(=O)Nc1cc(-c2nnc3n2CCCCC3)ccc1F. The first kappa shape index (κ1) is 25.3. The van der Waals surface area contributed by atoms with Crippen LogP contribution >= 0.6 is 24.8 Å². The van der Waals surface area contributed by atoms with E-state index in [9.17, 15) is 9.18 Å². The van der Waals surface area contributed by atoms with E-state index in [4.69, 9.17) is 5.73 Å². The van der Waals surface area contributed by atoms with Gasteiger partial charge in [-0.05, 0) is 50.4 Å². The smallest absolute Gasteiger partial charge is 0.224 e. The molecule has 0 saturated carbocycles. The van der Waals surface area contributed by atoms with E-state index in [-0.39, 0.29) is 36.4 Å². The summed E-state index contributed by atoms with van der Waals surface area (Å²) < 4.78 is 16.3. The van der Waals surface area contributed by atoms with Crippen LogP contribution in [-0.4, -0.2) is 27.2 Å². The average molecular weight is 446 g/mol. The van der Waals surface area contributed by atoms with Crippen LogP contribution in [0.1, 0.15) is 57.2 Å². The van der Waals surface area contributed by atoms with Crippen molar-refractivity contribution in [3.8, 4) is 11.4 Å². The molecule has 2 heterocycles. The quantitative estimate of drug-likeness (QED) is 0.585. The fourth-order valence-corrected chi connectivity index (χ4v) is 3.45. The predicted molar refractivity (Wildman–Crippen MR) is 118 cm³/mol. The molecule has 0 fully saturated rings. The number of nitrogens with one attached hydrogen (secondary N) is 1. The number of unbranched alkanes of at least 4 members (excludes halogenated alkanes) is 3. The van der Waals surface area contributed by atoms with Gasteiger partial charge in [0.25, 0.3) is 0 Å². The van der Waals surface area contributed by atoms with Gasteiger partial charge in [0.15, 0.2) is 5.82 Å². The van der Waals surface area contributed by atoms with Crippen molar-refractivity contribution >= 4 is 36.4 Å². The van der Waals surface area contributed by atoms with Gasteiger partial charge in [0.2, 0.25) is 5.91 Å². The van der Waals surface area contributed by atoms with Crippen LogP contribution in [0, 0.1) is 5.82 Å². The van der Waals surface area contributed by atoms with Crippen LogP contribution in [-0.2, 0) is 17.8 Å². The molecule has 3 rings (SSSR count). The van der Waals surface area contributed by atoms with Gasteiger partial charge in [-0.2, -0.15) is 0 Å². The van der Waals surface area contributed by atoms with Crippen molar-refractivity contribution < 1.29 is 9.18 Å². The molecule has 1 aliphatic heterocycles. The number of hydrogen-bond donors (Lipinski definition) is 2. The van der Waals surface area contributed by atoms with Gasteiger partial charge in [-0.1, -0.05) is 19.3 Å². The normalized spacial score (nSPS) is 12.9. The van der Waals surface area contributed by atoms with E-state index in [1.54, 1.807) is 12.1 Å². The van der Waals surface area contributed by atoms with Crippen LogP contribution in [0.4, 0.5) is 10.1 Å². The number of fused-ring (bicyclic) bond motifs is 1. The van der Waals surface area contributed by atoms with Gasteiger partial charge >= 0.3 is 0 Å². The maximum atomic E-state index is 14.2. The average Bonchev–Trinajstić information content (AvgIpc) is 2.91. The van der Waals surface area contributed by atoms with Crippen LogP contribution in [0.3, 0.4) is 0 Å². The lowest BCUT2D eigenvalue weighted by Crippen LogP contribution is -2.12. The molecule has 9 heteroatoms. The van der Waals surface area contributed by atoms with Gasteiger partial charge in [0, 0.05) is 24.9 Å². The van der Waals surface area contributed by atoms with Gasteiger partial charge in [-0.15, -0.1) is 35.0 Å². The third kappa shape index (κ3) is 6.94. The topological polar surface area (TPSA) is 85.8 Å². The highest BCUT2D eigenvalue weighted by Crippen LogP contribution is 2.26. The highest BCUT2D eigenvalue weighted by molar-refractivity contribution is 5.91. The molecule has 0 atom stereocenters. The van der Waals surface area contributed by atoms with E-state index in [1.165, 1.54) is 12.5 Å². The van der Waals surface area contributed by atoms with Crippen LogP contribution in [0.15, 0.2) is 18.2 Å². The number of halogens is 3. The zero-order valence-corrected chi connectivity index (χ0v) is 18.2. The minimum atomic E-state index is -0.439. The summed E-state index contributed by atoms with van der Waals surface area (Å²) in [5, 5.41) is 11.3. The second-order valence-electron chi connectivity index (χ2n) is 7.10. The lowest BCUT2D eigenvalue weighted by Gasteiger charge is -2.10. The number of nitrogens with two attached hydrogens (primary N) is 1. The number of aryl methyl sites for hydroxylation is 1. The summed E-state index contributed by atoms with van der Waals surface area (Å²) in [7, 11) is 0. The molecule has 1 amide bonds. The van der Waals surface area contributed by atoms with E-state index in [1.807, 2.05) is 0 Å². The first-order chi connectivity index (χ1) is 13.2. The Kier molecular flexibility index (Phi) is 11.2. The maximum Gasteiger partial charge on any atom is 0.224 e. The minimum absolute atomic E-state index is 0. The number of aromatic nitrogens is 3. The molecule has 2 aromatic rings. The summed E-state index contributed by atoms with van der Waals surface area (Å²) in [5.74, 6) is 1.11. The zero-order chi connectivity index (χ0) is 19.1. The molecule has 1 aromatic carbocycles. The van der Waals surface area contributed by atoms with E-state index >= 15 is 0 Å². The molecule has 0 saturated heterocycles. The van der Waals surface area contributed by atoms with E-state index in [0.717, 1.165) is 68.7 Å². The van der Waals surface area contributed by atoms with Crippen molar-refractivity contribution in [2.45, 2.75) is 64.3 Å². The molecule has 1 aromatic heterocycles. The summed E-state index contributed by atoms with van der Waals surface area (Å²) in [4.78, 5) is 12.1. The lowest BCUT2D eigenvalue weighted by molar-refractivity contribution is -0.116. The van der Waals surface area contributed by atoms with E-state index in [0.29, 0.717) is 13.0 Å². The van der Waals surface area contributed by atoms with Gasteiger partial charge in [0.05, 0.1) is 5.69 Å². The Labute approximate surface area is 183 Å². The molecule has 0 radical (unpaired) electrons. The Balaban J connectivity index is 0.00000210.